The SMILES string of the molecule is C=CCOc1ccc(-c2nc(C(=O)N(CC)CC)cs2)cc1OC. The zero-order chi connectivity index (χ0) is 17.5. The molecule has 2 aromatic rings. The quantitative estimate of drug-likeness (QED) is 0.681. The van der Waals surface area contributed by atoms with Crippen molar-refractivity contribution >= 4 is 17.2 Å². The van der Waals surface area contributed by atoms with Gasteiger partial charge < -0.3 is 14.4 Å². The highest BCUT2D eigenvalue weighted by Crippen LogP contribution is 2.34. The zero-order valence-electron chi connectivity index (χ0n) is 14.2. The fraction of sp³-hybridized carbons (Fsp3) is 0.333. The number of hydrogen-bond acceptors (Lipinski definition) is 5. The number of thiazole rings is 1. The normalized spacial score (nSPS) is 10.3. The number of rotatable bonds is 8. The van der Waals surface area contributed by atoms with E-state index >= 15 is 0 Å². The number of nitrogens with zero attached hydrogens (tertiary/aromatic N) is 2. The molecule has 0 aliphatic carbocycles. The summed E-state index contributed by atoms with van der Waals surface area (Å²) in [6, 6.07) is 5.61. The molecule has 0 N–H and O–H groups in total. The summed E-state index contributed by atoms with van der Waals surface area (Å²) in [5.41, 5.74) is 1.37. The molecule has 0 aliphatic heterocycles. The van der Waals surface area contributed by atoms with Gasteiger partial charge in [0.05, 0.1) is 7.11 Å². The first-order chi connectivity index (χ1) is 11.6. The standard InChI is InChI=1S/C18H22N2O3S/c1-5-10-23-15-9-8-13(11-16(15)22-4)17-19-14(12-24-17)18(21)20(6-2)7-3/h5,8-9,11-12H,1,6-7,10H2,2-4H3. The van der Waals surface area contributed by atoms with Crippen molar-refractivity contribution in [3.8, 4) is 22.1 Å². The van der Waals surface area contributed by atoms with Gasteiger partial charge >= 0.3 is 0 Å². The summed E-state index contributed by atoms with van der Waals surface area (Å²) in [5.74, 6) is 1.23. The van der Waals surface area contributed by atoms with Gasteiger partial charge in [-0.3, -0.25) is 4.79 Å². The molecule has 0 saturated carbocycles. The molecule has 0 radical (unpaired) electrons. The average Bonchev–Trinajstić information content (AvgIpc) is 3.10. The second kappa shape index (κ2) is 8.49. The molecule has 1 amide bonds. The molecule has 0 fully saturated rings. The fourth-order valence-corrected chi connectivity index (χ4v) is 3.04. The van der Waals surface area contributed by atoms with Crippen molar-refractivity contribution in [2.45, 2.75) is 13.8 Å². The molecule has 2 rings (SSSR count). The van der Waals surface area contributed by atoms with Crippen molar-refractivity contribution in [1.29, 1.82) is 0 Å². The van der Waals surface area contributed by atoms with Gasteiger partial charge in [0.2, 0.25) is 0 Å². The first-order valence-electron chi connectivity index (χ1n) is 7.81. The number of methoxy groups -OCH3 is 1. The molecular formula is C18H22N2O3S. The van der Waals surface area contributed by atoms with E-state index in [-0.39, 0.29) is 5.91 Å². The summed E-state index contributed by atoms with van der Waals surface area (Å²) in [4.78, 5) is 18.6. The van der Waals surface area contributed by atoms with Crippen LogP contribution in [0.4, 0.5) is 0 Å². The first-order valence-corrected chi connectivity index (χ1v) is 8.69. The van der Waals surface area contributed by atoms with Crippen LogP contribution in [0.3, 0.4) is 0 Å². The molecule has 0 atom stereocenters. The highest BCUT2D eigenvalue weighted by molar-refractivity contribution is 7.13. The lowest BCUT2D eigenvalue weighted by molar-refractivity contribution is 0.0768. The van der Waals surface area contributed by atoms with Crippen molar-refractivity contribution in [2.75, 3.05) is 26.8 Å². The molecule has 0 aliphatic rings. The van der Waals surface area contributed by atoms with Crippen LogP contribution in [-0.2, 0) is 0 Å². The Balaban J connectivity index is 2.26. The largest absolute Gasteiger partial charge is 0.493 e. The maximum Gasteiger partial charge on any atom is 0.273 e. The molecule has 0 saturated heterocycles. The van der Waals surface area contributed by atoms with Crippen molar-refractivity contribution < 1.29 is 14.3 Å². The van der Waals surface area contributed by atoms with Gasteiger partial charge in [0.15, 0.2) is 11.5 Å². The van der Waals surface area contributed by atoms with Crippen molar-refractivity contribution in [1.82, 2.24) is 9.88 Å². The Bertz CT molecular complexity index is 708. The number of aromatic nitrogens is 1. The Labute approximate surface area is 146 Å². The van der Waals surface area contributed by atoms with Crippen LogP contribution >= 0.6 is 11.3 Å². The Morgan fingerprint density at radius 1 is 1.33 bits per heavy atom. The maximum atomic E-state index is 12.4. The molecular weight excluding hydrogens is 324 g/mol. The predicted octanol–water partition coefficient (Wildman–Crippen LogP) is 3.87. The summed E-state index contributed by atoms with van der Waals surface area (Å²) < 4.78 is 10.9. The van der Waals surface area contributed by atoms with Crippen LogP contribution in [0, 0.1) is 0 Å². The number of amides is 1. The van der Waals surface area contributed by atoms with Crippen molar-refractivity contribution in [2.24, 2.45) is 0 Å². The van der Waals surface area contributed by atoms with Crippen LogP contribution in [-0.4, -0.2) is 42.6 Å². The molecule has 1 aromatic heterocycles. The van der Waals surface area contributed by atoms with E-state index in [0.717, 1.165) is 10.6 Å². The molecule has 0 unspecified atom stereocenters. The van der Waals surface area contributed by atoms with Crippen LogP contribution < -0.4 is 9.47 Å². The number of carbonyl (C=O) groups is 1. The van der Waals surface area contributed by atoms with Crippen molar-refractivity contribution in [3.05, 3.63) is 41.9 Å². The third-order valence-electron chi connectivity index (χ3n) is 3.54. The Morgan fingerprint density at radius 3 is 2.71 bits per heavy atom. The molecule has 0 bridgehead atoms. The molecule has 24 heavy (non-hydrogen) atoms. The van der Waals surface area contributed by atoms with Gasteiger partial charge in [0, 0.05) is 24.0 Å². The van der Waals surface area contributed by atoms with Crippen molar-refractivity contribution in [3.63, 3.8) is 0 Å². The lowest BCUT2D eigenvalue weighted by Crippen LogP contribution is -2.30. The highest BCUT2D eigenvalue weighted by Gasteiger charge is 2.17. The molecule has 128 valence electrons. The van der Waals surface area contributed by atoms with Gasteiger partial charge in [-0.25, -0.2) is 4.98 Å². The topological polar surface area (TPSA) is 51.7 Å². The van der Waals surface area contributed by atoms with Gasteiger partial charge in [-0.05, 0) is 32.0 Å². The van der Waals surface area contributed by atoms with Gasteiger partial charge in [-0.15, -0.1) is 11.3 Å². The summed E-state index contributed by atoms with van der Waals surface area (Å²) in [6.07, 6.45) is 1.68. The molecule has 5 nitrogen and oxygen atoms in total. The van der Waals surface area contributed by atoms with E-state index in [4.69, 9.17) is 9.47 Å². The summed E-state index contributed by atoms with van der Waals surface area (Å²) in [6.45, 7) is 9.31. The van der Waals surface area contributed by atoms with Gasteiger partial charge in [0.1, 0.15) is 17.3 Å². The van der Waals surface area contributed by atoms with E-state index in [1.54, 1.807) is 23.5 Å². The van der Waals surface area contributed by atoms with E-state index in [0.29, 0.717) is 36.9 Å². The van der Waals surface area contributed by atoms with Gasteiger partial charge in [-0.1, -0.05) is 12.7 Å². The Morgan fingerprint density at radius 2 is 2.08 bits per heavy atom. The number of ether oxygens (including phenoxy) is 2. The second-order valence-electron chi connectivity index (χ2n) is 4.98. The monoisotopic (exact) mass is 346 g/mol. The van der Waals surface area contributed by atoms with Crippen LogP contribution in [0.5, 0.6) is 11.5 Å². The number of benzene rings is 1. The van der Waals surface area contributed by atoms with E-state index in [9.17, 15) is 4.79 Å². The Kier molecular flexibility index (Phi) is 6.37. The van der Waals surface area contributed by atoms with Crippen LogP contribution in [0.25, 0.3) is 10.6 Å². The third-order valence-corrected chi connectivity index (χ3v) is 4.43. The van der Waals surface area contributed by atoms with E-state index in [1.807, 2.05) is 32.0 Å². The minimum atomic E-state index is -0.0413. The third kappa shape index (κ3) is 3.94. The average molecular weight is 346 g/mol. The van der Waals surface area contributed by atoms with Crippen LogP contribution in [0.15, 0.2) is 36.2 Å². The molecule has 1 heterocycles. The highest BCUT2D eigenvalue weighted by atomic mass is 32.1. The molecule has 1 aromatic carbocycles. The zero-order valence-corrected chi connectivity index (χ0v) is 15.1. The van der Waals surface area contributed by atoms with Crippen LogP contribution in [0.1, 0.15) is 24.3 Å². The predicted molar refractivity (Wildman–Crippen MR) is 97.0 cm³/mol. The number of hydrogen-bond donors (Lipinski definition) is 0. The molecule has 0 spiro atoms. The second-order valence-corrected chi connectivity index (χ2v) is 5.84. The van der Waals surface area contributed by atoms with Gasteiger partial charge in [-0.2, -0.15) is 0 Å². The summed E-state index contributed by atoms with van der Waals surface area (Å²) in [5, 5.41) is 2.57. The first kappa shape index (κ1) is 18.0. The fourth-order valence-electron chi connectivity index (χ4n) is 2.25. The minimum Gasteiger partial charge on any atom is -0.493 e. The van der Waals surface area contributed by atoms with Crippen LogP contribution in [0.2, 0.25) is 0 Å². The summed E-state index contributed by atoms with van der Waals surface area (Å²) in [7, 11) is 1.59. The minimum absolute atomic E-state index is 0.0413. The smallest absolute Gasteiger partial charge is 0.273 e. The lowest BCUT2D eigenvalue weighted by Gasteiger charge is -2.16. The Hall–Kier alpha value is -2.34. The molecule has 6 heteroatoms. The van der Waals surface area contributed by atoms with E-state index in [2.05, 4.69) is 11.6 Å². The van der Waals surface area contributed by atoms with E-state index in [1.165, 1.54) is 11.3 Å². The van der Waals surface area contributed by atoms with Gasteiger partial charge in [0.25, 0.3) is 5.91 Å². The number of carbonyl (C=O) groups excluding carboxylic acids is 1. The van der Waals surface area contributed by atoms with E-state index < -0.39 is 0 Å². The summed E-state index contributed by atoms with van der Waals surface area (Å²) >= 11 is 1.44. The maximum absolute atomic E-state index is 12.4. The lowest BCUT2D eigenvalue weighted by atomic mass is 10.2.